The summed E-state index contributed by atoms with van der Waals surface area (Å²) in [5, 5.41) is 6.14. The van der Waals surface area contributed by atoms with Gasteiger partial charge in [0.2, 0.25) is 17.7 Å². The number of imide groups is 1. The van der Waals surface area contributed by atoms with Crippen molar-refractivity contribution in [3.63, 3.8) is 0 Å². The summed E-state index contributed by atoms with van der Waals surface area (Å²) >= 11 is 0. The number of urea groups is 1. The molecule has 2 aromatic carbocycles. The molecule has 10 nitrogen and oxygen atoms in total. The summed E-state index contributed by atoms with van der Waals surface area (Å²) in [6, 6.07) is 14.2. The molecule has 3 saturated heterocycles. The first-order chi connectivity index (χ1) is 18.3. The van der Waals surface area contributed by atoms with Crippen LogP contribution in [0.4, 0.5) is 16.2 Å². The topological polar surface area (TPSA) is 105 Å². The average molecular weight is 519 g/mol. The molecule has 10 heteroatoms. The maximum absolute atomic E-state index is 14.1. The lowest BCUT2D eigenvalue weighted by Gasteiger charge is -2.37. The SMILES string of the molecule is CCN1C(=O)C2C(C1=O)C(c1ccc(N(C)C)cc1)N(C(=O)Nc1ccccc1)C2C(=O)N1CCNCC1. The van der Waals surface area contributed by atoms with Crippen LogP contribution in [0.25, 0.3) is 0 Å². The highest BCUT2D eigenvalue weighted by Crippen LogP contribution is 2.50. The monoisotopic (exact) mass is 518 g/mol. The third-order valence-electron chi connectivity index (χ3n) is 7.78. The zero-order valence-corrected chi connectivity index (χ0v) is 22.0. The number of nitrogens with zero attached hydrogens (tertiary/aromatic N) is 4. The first-order valence-corrected chi connectivity index (χ1v) is 13.1. The number of carbonyl (C=O) groups excluding carboxylic acids is 4. The van der Waals surface area contributed by atoms with Crippen LogP contribution in [0.15, 0.2) is 54.6 Å². The Kier molecular flexibility index (Phi) is 7.07. The van der Waals surface area contributed by atoms with E-state index in [4.69, 9.17) is 0 Å². The first-order valence-electron chi connectivity index (χ1n) is 13.1. The van der Waals surface area contributed by atoms with Crippen molar-refractivity contribution < 1.29 is 19.2 Å². The zero-order valence-electron chi connectivity index (χ0n) is 22.0. The van der Waals surface area contributed by atoms with Crippen LogP contribution in [-0.2, 0) is 14.4 Å². The summed E-state index contributed by atoms with van der Waals surface area (Å²) in [5.74, 6) is -2.80. The van der Waals surface area contributed by atoms with Crippen molar-refractivity contribution in [2.75, 3.05) is 57.0 Å². The highest BCUT2D eigenvalue weighted by Gasteiger charge is 2.65. The molecule has 0 spiro atoms. The van der Waals surface area contributed by atoms with Crippen LogP contribution < -0.4 is 15.5 Å². The number of piperazine rings is 1. The van der Waals surface area contributed by atoms with E-state index in [9.17, 15) is 19.2 Å². The van der Waals surface area contributed by atoms with Gasteiger partial charge in [0, 0.05) is 58.2 Å². The molecule has 0 saturated carbocycles. The largest absolute Gasteiger partial charge is 0.378 e. The third kappa shape index (κ3) is 4.38. The van der Waals surface area contributed by atoms with E-state index in [1.54, 1.807) is 36.1 Å². The molecule has 3 aliphatic rings. The van der Waals surface area contributed by atoms with Gasteiger partial charge in [-0.05, 0) is 36.8 Å². The Bertz CT molecular complexity index is 1210. The van der Waals surface area contributed by atoms with Crippen LogP contribution in [0.5, 0.6) is 0 Å². The van der Waals surface area contributed by atoms with Gasteiger partial charge in [0.25, 0.3) is 0 Å². The van der Waals surface area contributed by atoms with Gasteiger partial charge in [-0.3, -0.25) is 19.3 Å². The molecule has 0 bridgehead atoms. The predicted molar refractivity (Wildman–Crippen MR) is 143 cm³/mol. The maximum Gasteiger partial charge on any atom is 0.323 e. The molecule has 3 aliphatic heterocycles. The lowest BCUT2D eigenvalue weighted by molar-refractivity contribution is -0.145. The number of fused-ring (bicyclic) bond motifs is 1. The predicted octanol–water partition coefficient (Wildman–Crippen LogP) is 1.76. The molecule has 2 aromatic rings. The van der Waals surface area contributed by atoms with E-state index in [0.717, 1.165) is 5.69 Å². The summed E-state index contributed by atoms with van der Waals surface area (Å²) in [7, 11) is 3.86. The lowest BCUT2D eigenvalue weighted by Crippen LogP contribution is -2.57. The smallest absolute Gasteiger partial charge is 0.323 e. The van der Waals surface area contributed by atoms with Gasteiger partial charge in [-0.25, -0.2) is 4.79 Å². The van der Waals surface area contributed by atoms with Crippen LogP contribution in [-0.4, -0.2) is 91.3 Å². The van der Waals surface area contributed by atoms with Gasteiger partial charge in [0.1, 0.15) is 6.04 Å². The molecule has 0 radical (unpaired) electrons. The molecule has 3 heterocycles. The summed E-state index contributed by atoms with van der Waals surface area (Å²) < 4.78 is 0. The summed E-state index contributed by atoms with van der Waals surface area (Å²) in [6.07, 6.45) is 0. The number of nitrogens with one attached hydrogen (secondary N) is 2. The molecular weight excluding hydrogens is 484 g/mol. The quantitative estimate of drug-likeness (QED) is 0.585. The van der Waals surface area contributed by atoms with Crippen LogP contribution in [0, 0.1) is 11.8 Å². The zero-order chi connectivity index (χ0) is 27.0. The first kappa shape index (κ1) is 25.7. The lowest BCUT2D eigenvalue weighted by atomic mass is 9.86. The Labute approximate surface area is 222 Å². The number of hydrogen-bond acceptors (Lipinski definition) is 6. The van der Waals surface area contributed by atoms with Gasteiger partial charge in [-0.1, -0.05) is 30.3 Å². The Morgan fingerprint density at radius 3 is 2.18 bits per heavy atom. The third-order valence-corrected chi connectivity index (χ3v) is 7.78. The molecule has 5 amide bonds. The molecule has 0 aromatic heterocycles. The van der Waals surface area contributed by atoms with Gasteiger partial charge in [-0.2, -0.15) is 0 Å². The van der Waals surface area contributed by atoms with Gasteiger partial charge in [0.05, 0.1) is 17.9 Å². The fourth-order valence-electron chi connectivity index (χ4n) is 5.91. The van der Waals surface area contributed by atoms with E-state index in [1.807, 2.05) is 49.3 Å². The van der Waals surface area contributed by atoms with Gasteiger partial charge in [-0.15, -0.1) is 0 Å². The fraction of sp³-hybridized carbons (Fsp3) is 0.429. The minimum atomic E-state index is -1.09. The molecule has 5 rings (SSSR count). The summed E-state index contributed by atoms with van der Waals surface area (Å²) in [6.45, 7) is 4.19. The second-order valence-electron chi connectivity index (χ2n) is 10.1. The minimum Gasteiger partial charge on any atom is -0.378 e. The number of likely N-dealkylation sites (tertiary alicyclic amines) is 2. The van der Waals surface area contributed by atoms with E-state index < -0.39 is 30.0 Å². The van der Waals surface area contributed by atoms with Crippen molar-refractivity contribution >= 4 is 35.1 Å². The number of benzene rings is 2. The highest BCUT2D eigenvalue weighted by molar-refractivity contribution is 6.10. The molecule has 0 aliphatic carbocycles. The van der Waals surface area contributed by atoms with E-state index in [0.29, 0.717) is 37.4 Å². The molecule has 4 atom stereocenters. The fourth-order valence-corrected chi connectivity index (χ4v) is 5.91. The van der Waals surface area contributed by atoms with E-state index in [2.05, 4.69) is 10.6 Å². The Morgan fingerprint density at radius 2 is 1.58 bits per heavy atom. The van der Waals surface area contributed by atoms with Crippen LogP contribution in [0.1, 0.15) is 18.5 Å². The van der Waals surface area contributed by atoms with Crippen molar-refractivity contribution in [2.45, 2.75) is 19.0 Å². The number of amides is 5. The Morgan fingerprint density at radius 1 is 0.947 bits per heavy atom. The molecule has 3 fully saturated rings. The van der Waals surface area contributed by atoms with Crippen LogP contribution in [0.3, 0.4) is 0 Å². The maximum atomic E-state index is 14.1. The molecular formula is C28H34N6O4. The molecule has 200 valence electrons. The number of para-hydroxylation sites is 1. The normalized spacial score (nSPS) is 25.0. The number of carbonyl (C=O) groups is 4. The van der Waals surface area contributed by atoms with Crippen LogP contribution in [0.2, 0.25) is 0 Å². The summed E-state index contributed by atoms with van der Waals surface area (Å²) in [5.41, 5.74) is 2.24. The second kappa shape index (κ2) is 10.4. The van der Waals surface area contributed by atoms with Crippen molar-refractivity contribution in [2.24, 2.45) is 11.8 Å². The van der Waals surface area contributed by atoms with E-state index >= 15 is 0 Å². The number of hydrogen-bond donors (Lipinski definition) is 2. The van der Waals surface area contributed by atoms with E-state index in [1.165, 1.54) is 9.80 Å². The molecule has 4 unspecified atom stereocenters. The van der Waals surface area contributed by atoms with Gasteiger partial charge < -0.3 is 25.3 Å². The molecule has 2 N–H and O–H groups in total. The average Bonchev–Trinajstić information content (AvgIpc) is 3.41. The van der Waals surface area contributed by atoms with Gasteiger partial charge in [0.15, 0.2) is 0 Å². The highest BCUT2D eigenvalue weighted by atomic mass is 16.2. The Balaban J connectivity index is 1.62. The number of rotatable bonds is 5. The van der Waals surface area contributed by atoms with Gasteiger partial charge >= 0.3 is 6.03 Å². The van der Waals surface area contributed by atoms with Crippen molar-refractivity contribution in [1.82, 2.24) is 20.0 Å². The van der Waals surface area contributed by atoms with Crippen LogP contribution >= 0.6 is 0 Å². The molecule has 38 heavy (non-hydrogen) atoms. The van der Waals surface area contributed by atoms with Crippen molar-refractivity contribution in [3.8, 4) is 0 Å². The Hall–Kier alpha value is -3.92. The van der Waals surface area contributed by atoms with Crippen molar-refractivity contribution in [3.05, 3.63) is 60.2 Å². The summed E-state index contributed by atoms with van der Waals surface area (Å²) in [4.78, 5) is 61.7. The minimum absolute atomic E-state index is 0.224. The van der Waals surface area contributed by atoms with E-state index in [-0.39, 0.29) is 24.3 Å². The number of anilines is 2. The standard InChI is InChI=1S/C28H34N6O4/c1-4-33-25(35)21-22(26(33)36)24(27(37)32-16-14-29-15-17-32)34(28(38)30-19-8-6-5-7-9-19)23(21)18-10-12-20(13-11-18)31(2)3/h5-13,21-24,29H,4,14-17H2,1-3H3,(H,30,38). The second-order valence-corrected chi connectivity index (χ2v) is 10.1. The van der Waals surface area contributed by atoms with Crippen molar-refractivity contribution in [1.29, 1.82) is 0 Å².